The summed E-state index contributed by atoms with van der Waals surface area (Å²) in [6, 6.07) is 2.01. The molecule has 0 spiro atoms. The molecule has 0 unspecified atom stereocenters. The molecule has 6 nitrogen and oxygen atoms in total. The number of nitrogens with two attached hydrogens (primary N) is 1. The van der Waals surface area contributed by atoms with Crippen LogP contribution in [0.5, 0.6) is 0 Å². The van der Waals surface area contributed by atoms with Gasteiger partial charge in [0.25, 0.3) is 5.91 Å². The monoisotopic (exact) mass is 383 g/mol. The van der Waals surface area contributed by atoms with Crippen molar-refractivity contribution in [3.8, 4) is 11.3 Å². The smallest absolute Gasteiger partial charge is 0.272 e. The van der Waals surface area contributed by atoms with E-state index < -0.39 is 0 Å². The average Bonchev–Trinajstić information content (AvgIpc) is 2.88. The molecule has 136 valence electrons. The van der Waals surface area contributed by atoms with Crippen LogP contribution in [-0.2, 0) is 19.4 Å². The van der Waals surface area contributed by atoms with Crippen LogP contribution in [0, 0.1) is 0 Å². The Morgan fingerprint density at radius 3 is 2.84 bits per heavy atom. The van der Waals surface area contributed by atoms with Gasteiger partial charge in [0.2, 0.25) is 0 Å². The van der Waals surface area contributed by atoms with E-state index >= 15 is 0 Å². The van der Waals surface area contributed by atoms with Crippen molar-refractivity contribution in [2.45, 2.75) is 32.2 Å². The zero-order valence-corrected chi connectivity index (χ0v) is 15.6. The molecule has 1 aliphatic heterocycles. The van der Waals surface area contributed by atoms with E-state index in [2.05, 4.69) is 4.98 Å². The van der Waals surface area contributed by atoms with Gasteiger partial charge in [-0.1, -0.05) is 0 Å². The van der Waals surface area contributed by atoms with Gasteiger partial charge in [0.15, 0.2) is 0 Å². The van der Waals surface area contributed by atoms with Gasteiger partial charge < -0.3 is 10.6 Å². The van der Waals surface area contributed by atoms with Gasteiger partial charge in [-0.25, -0.2) is 0 Å². The second-order valence-electron chi connectivity index (χ2n) is 6.22. The molecule has 0 bridgehead atoms. The number of amides is 1. The number of rotatable bonds is 3. The molecule has 2 aromatic heterocycles. The van der Waals surface area contributed by atoms with Crippen LogP contribution in [0.15, 0.2) is 18.5 Å². The molecule has 2 N–H and O–H groups in total. The Kier molecular flexibility index (Phi) is 6.43. The summed E-state index contributed by atoms with van der Waals surface area (Å²) in [5, 5.41) is 4.77. The molecule has 4 rings (SSSR count). The summed E-state index contributed by atoms with van der Waals surface area (Å²) in [4.78, 5) is 19.1. The molecule has 0 fully saturated rings. The minimum Gasteiger partial charge on any atom is -0.337 e. The van der Waals surface area contributed by atoms with Gasteiger partial charge in [0.05, 0.1) is 5.69 Å². The van der Waals surface area contributed by atoms with E-state index in [0.717, 1.165) is 67.8 Å². The summed E-state index contributed by atoms with van der Waals surface area (Å²) >= 11 is 0. The Bertz CT molecular complexity index is 761. The number of carbonyl (C=O) groups is 1. The van der Waals surface area contributed by atoms with E-state index in [1.54, 1.807) is 6.20 Å². The third-order valence-corrected chi connectivity index (χ3v) is 4.77. The number of pyridine rings is 1. The molecule has 0 saturated carbocycles. The third-order valence-electron chi connectivity index (χ3n) is 4.77. The number of hydrogen-bond donors (Lipinski definition) is 1. The average molecular weight is 384 g/mol. The van der Waals surface area contributed by atoms with Crippen LogP contribution >= 0.6 is 24.8 Å². The van der Waals surface area contributed by atoms with Crippen molar-refractivity contribution in [2.24, 2.45) is 5.73 Å². The first kappa shape index (κ1) is 19.7. The zero-order chi connectivity index (χ0) is 15.8. The lowest BCUT2D eigenvalue weighted by Gasteiger charge is -2.21. The van der Waals surface area contributed by atoms with Crippen LogP contribution in [0.3, 0.4) is 0 Å². The molecule has 8 heteroatoms. The van der Waals surface area contributed by atoms with Crippen molar-refractivity contribution >= 4 is 30.7 Å². The molecule has 1 aliphatic carbocycles. The summed E-state index contributed by atoms with van der Waals surface area (Å²) < 4.78 is 1.92. The van der Waals surface area contributed by atoms with E-state index in [0.29, 0.717) is 6.54 Å². The van der Waals surface area contributed by atoms with Crippen LogP contribution in [0.1, 0.15) is 34.5 Å². The number of hydrogen-bond acceptors (Lipinski definition) is 4. The summed E-state index contributed by atoms with van der Waals surface area (Å²) in [5.41, 5.74) is 10.8. The number of fused-ring (bicyclic) bond motifs is 5. The first-order valence-electron chi connectivity index (χ1n) is 8.32. The van der Waals surface area contributed by atoms with Crippen molar-refractivity contribution in [2.75, 3.05) is 19.6 Å². The Hall–Kier alpha value is -1.63. The Balaban J connectivity index is 0.00000113. The molecule has 2 aromatic rings. The lowest BCUT2D eigenvalue weighted by molar-refractivity contribution is 0.0755. The Morgan fingerprint density at radius 1 is 1.20 bits per heavy atom. The van der Waals surface area contributed by atoms with E-state index in [1.165, 1.54) is 5.56 Å². The predicted molar refractivity (Wildman–Crippen MR) is 102 cm³/mol. The Morgan fingerprint density at radius 2 is 2.04 bits per heavy atom. The standard InChI is InChI=1S/C17H21N5O.2ClH/c18-6-1-8-21-9-2-10-22-16(17(21)23)14-4-3-12-11-19-7-5-13(12)15(14)20-22;;/h5,7,11H,1-4,6,8-10,18H2;2*1H. The van der Waals surface area contributed by atoms with E-state index in [4.69, 9.17) is 10.8 Å². The largest absolute Gasteiger partial charge is 0.337 e. The first-order valence-corrected chi connectivity index (χ1v) is 8.32. The summed E-state index contributed by atoms with van der Waals surface area (Å²) in [7, 11) is 0. The zero-order valence-electron chi connectivity index (χ0n) is 14.0. The number of halogens is 2. The quantitative estimate of drug-likeness (QED) is 0.879. The molecule has 0 aromatic carbocycles. The van der Waals surface area contributed by atoms with Gasteiger partial charge in [0.1, 0.15) is 5.69 Å². The molecule has 0 saturated heterocycles. The molecule has 3 heterocycles. The highest BCUT2D eigenvalue weighted by Crippen LogP contribution is 2.35. The van der Waals surface area contributed by atoms with Crippen LogP contribution in [-0.4, -0.2) is 45.2 Å². The molecule has 25 heavy (non-hydrogen) atoms. The highest BCUT2D eigenvalue weighted by molar-refractivity contribution is 5.96. The summed E-state index contributed by atoms with van der Waals surface area (Å²) in [5.74, 6) is 0.113. The fourth-order valence-electron chi connectivity index (χ4n) is 3.63. The second kappa shape index (κ2) is 8.17. The normalized spacial score (nSPS) is 15.2. The van der Waals surface area contributed by atoms with Crippen molar-refractivity contribution in [3.05, 3.63) is 35.3 Å². The highest BCUT2D eigenvalue weighted by Gasteiger charge is 2.31. The van der Waals surface area contributed by atoms with E-state index in [-0.39, 0.29) is 30.7 Å². The van der Waals surface area contributed by atoms with Crippen molar-refractivity contribution in [1.82, 2.24) is 19.7 Å². The second-order valence-corrected chi connectivity index (χ2v) is 6.22. The number of aromatic nitrogens is 3. The number of carbonyl (C=O) groups excluding carboxylic acids is 1. The third kappa shape index (κ3) is 3.38. The van der Waals surface area contributed by atoms with Crippen LogP contribution in [0.2, 0.25) is 0 Å². The molecule has 2 aliphatic rings. The molecular weight excluding hydrogens is 361 g/mol. The van der Waals surface area contributed by atoms with Crippen LogP contribution < -0.4 is 5.73 Å². The van der Waals surface area contributed by atoms with Crippen molar-refractivity contribution < 1.29 is 4.79 Å². The minimum atomic E-state index is 0. The number of nitrogens with zero attached hydrogens (tertiary/aromatic N) is 4. The van der Waals surface area contributed by atoms with E-state index in [9.17, 15) is 4.79 Å². The van der Waals surface area contributed by atoms with Crippen LogP contribution in [0.4, 0.5) is 0 Å². The van der Waals surface area contributed by atoms with Gasteiger partial charge in [-0.3, -0.25) is 14.5 Å². The van der Waals surface area contributed by atoms with Crippen LogP contribution in [0.25, 0.3) is 11.3 Å². The van der Waals surface area contributed by atoms with Crippen molar-refractivity contribution in [3.63, 3.8) is 0 Å². The van der Waals surface area contributed by atoms with Gasteiger partial charge in [-0.05, 0) is 43.9 Å². The lowest BCUT2D eigenvalue weighted by Crippen LogP contribution is -2.33. The van der Waals surface area contributed by atoms with E-state index in [1.807, 2.05) is 21.8 Å². The highest BCUT2D eigenvalue weighted by atomic mass is 35.5. The summed E-state index contributed by atoms with van der Waals surface area (Å²) in [6.45, 7) is 2.93. The molecular formula is C17H23Cl2N5O. The SMILES string of the molecule is Cl.Cl.NCCCN1CCCn2nc3c(c2C1=O)CCc1cnccc1-3. The minimum absolute atomic E-state index is 0. The van der Waals surface area contributed by atoms with Gasteiger partial charge in [-0.2, -0.15) is 5.10 Å². The van der Waals surface area contributed by atoms with Gasteiger partial charge in [0, 0.05) is 43.2 Å². The maximum absolute atomic E-state index is 13.0. The predicted octanol–water partition coefficient (Wildman–Crippen LogP) is 2.08. The molecule has 1 amide bonds. The number of aryl methyl sites for hydroxylation is 2. The topological polar surface area (TPSA) is 77.0 Å². The lowest BCUT2D eigenvalue weighted by atomic mass is 9.90. The fraction of sp³-hybridized carbons (Fsp3) is 0.471. The maximum Gasteiger partial charge on any atom is 0.272 e. The van der Waals surface area contributed by atoms with Gasteiger partial charge >= 0.3 is 0 Å². The Labute approximate surface area is 159 Å². The fourth-order valence-corrected chi connectivity index (χ4v) is 3.63. The van der Waals surface area contributed by atoms with Gasteiger partial charge in [-0.15, -0.1) is 24.8 Å². The molecule has 0 atom stereocenters. The molecule has 0 radical (unpaired) electrons. The summed E-state index contributed by atoms with van der Waals surface area (Å²) in [6.07, 6.45) is 7.28. The van der Waals surface area contributed by atoms with Crippen molar-refractivity contribution in [1.29, 1.82) is 0 Å². The first-order chi connectivity index (χ1) is 11.3. The maximum atomic E-state index is 13.0.